The van der Waals surface area contributed by atoms with Crippen LogP contribution in [-0.2, 0) is 11.2 Å². The standard InChI is InChI=1S/C17H25N3OS2/c1-5-8-9-20(7-3)17(21)12(4)22-15-14-10-13(6-2)23-16(14)19-11-18-15/h10-12H,5-9H2,1-4H3. The highest BCUT2D eigenvalue weighted by Gasteiger charge is 2.22. The van der Waals surface area contributed by atoms with Crippen LogP contribution in [0.4, 0.5) is 0 Å². The lowest BCUT2D eigenvalue weighted by Gasteiger charge is -2.24. The van der Waals surface area contributed by atoms with E-state index in [0.29, 0.717) is 0 Å². The molecule has 1 amide bonds. The van der Waals surface area contributed by atoms with E-state index in [2.05, 4.69) is 29.9 Å². The first kappa shape index (κ1) is 18.2. The molecule has 6 heteroatoms. The zero-order valence-corrected chi connectivity index (χ0v) is 16.0. The van der Waals surface area contributed by atoms with Crippen LogP contribution in [0.25, 0.3) is 10.2 Å². The van der Waals surface area contributed by atoms with E-state index in [1.807, 2.05) is 18.7 Å². The molecule has 2 rings (SSSR count). The molecule has 0 N–H and O–H groups in total. The number of aromatic nitrogens is 2. The zero-order chi connectivity index (χ0) is 16.8. The average molecular weight is 352 g/mol. The number of unbranched alkanes of at least 4 members (excludes halogenated alkanes) is 1. The highest BCUT2D eigenvalue weighted by molar-refractivity contribution is 8.00. The normalized spacial score (nSPS) is 12.5. The molecule has 0 bridgehead atoms. The predicted molar refractivity (Wildman–Crippen MR) is 99.3 cm³/mol. The Bertz CT molecular complexity index is 656. The number of aryl methyl sites for hydroxylation is 1. The summed E-state index contributed by atoms with van der Waals surface area (Å²) in [5.74, 6) is 0.198. The summed E-state index contributed by atoms with van der Waals surface area (Å²) in [5, 5.41) is 1.86. The number of carbonyl (C=O) groups is 1. The summed E-state index contributed by atoms with van der Waals surface area (Å²) in [6.07, 6.45) is 4.76. The lowest BCUT2D eigenvalue weighted by molar-refractivity contribution is -0.130. The first-order chi connectivity index (χ1) is 11.1. The van der Waals surface area contributed by atoms with Crippen molar-refractivity contribution in [2.45, 2.75) is 57.2 Å². The Kier molecular flexibility index (Phi) is 6.84. The summed E-state index contributed by atoms with van der Waals surface area (Å²) >= 11 is 3.26. The molecule has 0 aliphatic heterocycles. The predicted octanol–water partition coefficient (Wildman–Crippen LogP) is 4.38. The Hall–Kier alpha value is -1.14. The number of rotatable bonds is 8. The van der Waals surface area contributed by atoms with Crippen molar-refractivity contribution in [2.24, 2.45) is 0 Å². The molecular formula is C17H25N3OS2. The van der Waals surface area contributed by atoms with Gasteiger partial charge in [0.15, 0.2) is 0 Å². The molecule has 2 heterocycles. The van der Waals surface area contributed by atoms with Crippen molar-refractivity contribution in [3.05, 3.63) is 17.3 Å². The van der Waals surface area contributed by atoms with Gasteiger partial charge in [0, 0.05) is 23.4 Å². The van der Waals surface area contributed by atoms with Crippen LogP contribution in [0.2, 0.25) is 0 Å². The maximum absolute atomic E-state index is 12.6. The largest absolute Gasteiger partial charge is 0.342 e. The molecule has 0 fully saturated rings. The summed E-state index contributed by atoms with van der Waals surface area (Å²) in [5.41, 5.74) is 0. The van der Waals surface area contributed by atoms with E-state index < -0.39 is 0 Å². The van der Waals surface area contributed by atoms with Crippen molar-refractivity contribution in [1.82, 2.24) is 14.9 Å². The third kappa shape index (κ3) is 4.44. The van der Waals surface area contributed by atoms with Gasteiger partial charge in [-0.3, -0.25) is 4.79 Å². The Morgan fingerprint density at radius 3 is 2.78 bits per heavy atom. The van der Waals surface area contributed by atoms with Crippen LogP contribution in [0.1, 0.15) is 45.4 Å². The Labute approximate surface area is 146 Å². The number of hydrogen-bond donors (Lipinski definition) is 0. The summed E-state index contributed by atoms with van der Waals surface area (Å²) in [4.78, 5) is 25.7. The number of hydrogen-bond acceptors (Lipinski definition) is 5. The fraction of sp³-hybridized carbons (Fsp3) is 0.588. The van der Waals surface area contributed by atoms with E-state index in [4.69, 9.17) is 0 Å². The van der Waals surface area contributed by atoms with Gasteiger partial charge < -0.3 is 4.90 Å². The first-order valence-electron chi connectivity index (χ1n) is 8.29. The van der Waals surface area contributed by atoms with Gasteiger partial charge >= 0.3 is 0 Å². The van der Waals surface area contributed by atoms with Crippen molar-refractivity contribution in [1.29, 1.82) is 0 Å². The molecule has 1 unspecified atom stereocenters. The second-order valence-electron chi connectivity index (χ2n) is 5.50. The minimum atomic E-state index is -0.130. The molecule has 4 nitrogen and oxygen atoms in total. The molecule has 2 aromatic rings. The zero-order valence-electron chi connectivity index (χ0n) is 14.3. The second kappa shape index (κ2) is 8.64. The van der Waals surface area contributed by atoms with Crippen LogP contribution in [0.3, 0.4) is 0 Å². The smallest absolute Gasteiger partial charge is 0.235 e. The molecule has 1 atom stereocenters. The highest BCUT2D eigenvalue weighted by Crippen LogP contribution is 2.33. The molecule has 0 saturated carbocycles. The van der Waals surface area contributed by atoms with E-state index in [-0.39, 0.29) is 11.2 Å². The van der Waals surface area contributed by atoms with Gasteiger partial charge in [0.05, 0.1) is 5.25 Å². The van der Waals surface area contributed by atoms with Gasteiger partial charge in [0.1, 0.15) is 16.2 Å². The van der Waals surface area contributed by atoms with Crippen molar-refractivity contribution in [2.75, 3.05) is 13.1 Å². The van der Waals surface area contributed by atoms with Crippen molar-refractivity contribution < 1.29 is 4.79 Å². The third-order valence-electron chi connectivity index (χ3n) is 3.80. The topological polar surface area (TPSA) is 46.1 Å². The molecule has 0 aliphatic rings. The third-order valence-corrected chi connectivity index (χ3v) is 6.09. The molecule has 23 heavy (non-hydrogen) atoms. The van der Waals surface area contributed by atoms with Gasteiger partial charge in [0.2, 0.25) is 5.91 Å². The molecule has 0 aromatic carbocycles. The van der Waals surface area contributed by atoms with Gasteiger partial charge in [-0.25, -0.2) is 9.97 Å². The van der Waals surface area contributed by atoms with Gasteiger partial charge in [0.25, 0.3) is 0 Å². The minimum absolute atomic E-state index is 0.130. The summed E-state index contributed by atoms with van der Waals surface area (Å²) < 4.78 is 0. The van der Waals surface area contributed by atoms with Crippen LogP contribution < -0.4 is 0 Å². The van der Waals surface area contributed by atoms with Gasteiger partial charge in [-0.05, 0) is 32.8 Å². The minimum Gasteiger partial charge on any atom is -0.342 e. The maximum atomic E-state index is 12.6. The fourth-order valence-electron chi connectivity index (χ4n) is 2.40. The van der Waals surface area contributed by atoms with E-state index in [9.17, 15) is 4.79 Å². The van der Waals surface area contributed by atoms with Crippen LogP contribution >= 0.6 is 23.1 Å². The molecule has 2 aromatic heterocycles. The summed E-state index contributed by atoms with van der Waals surface area (Å²) in [6.45, 7) is 9.92. The Balaban J connectivity index is 2.14. The van der Waals surface area contributed by atoms with Gasteiger partial charge in [-0.2, -0.15) is 0 Å². The number of fused-ring (bicyclic) bond motifs is 1. The van der Waals surface area contributed by atoms with Crippen LogP contribution in [-0.4, -0.2) is 39.1 Å². The Morgan fingerprint density at radius 2 is 2.13 bits per heavy atom. The number of carbonyl (C=O) groups excluding carboxylic acids is 1. The maximum Gasteiger partial charge on any atom is 0.235 e. The van der Waals surface area contributed by atoms with Crippen LogP contribution in [0, 0.1) is 0 Å². The van der Waals surface area contributed by atoms with Crippen molar-refractivity contribution in [3.8, 4) is 0 Å². The van der Waals surface area contributed by atoms with Gasteiger partial charge in [-0.15, -0.1) is 11.3 Å². The fourth-order valence-corrected chi connectivity index (χ4v) is 4.37. The monoisotopic (exact) mass is 351 g/mol. The SMILES string of the molecule is CCCCN(CC)C(=O)C(C)Sc1ncnc2sc(CC)cc12. The second-order valence-corrected chi connectivity index (χ2v) is 7.94. The molecule has 126 valence electrons. The van der Waals surface area contributed by atoms with E-state index in [1.165, 1.54) is 4.88 Å². The lowest BCUT2D eigenvalue weighted by Crippen LogP contribution is -2.37. The van der Waals surface area contributed by atoms with E-state index in [1.54, 1.807) is 29.4 Å². The number of amides is 1. The molecule has 0 aliphatic carbocycles. The van der Waals surface area contributed by atoms with Gasteiger partial charge in [-0.1, -0.05) is 32.0 Å². The summed E-state index contributed by atoms with van der Waals surface area (Å²) in [7, 11) is 0. The number of nitrogens with zero attached hydrogens (tertiary/aromatic N) is 3. The van der Waals surface area contributed by atoms with E-state index in [0.717, 1.165) is 47.6 Å². The van der Waals surface area contributed by atoms with E-state index >= 15 is 0 Å². The Morgan fingerprint density at radius 1 is 1.35 bits per heavy atom. The molecule has 0 radical (unpaired) electrons. The number of thiophene rings is 1. The average Bonchev–Trinajstić information content (AvgIpc) is 2.99. The molecular weight excluding hydrogens is 326 g/mol. The summed E-state index contributed by atoms with van der Waals surface area (Å²) in [6, 6.07) is 2.16. The van der Waals surface area contributed by atoms with Crippen LogP contribution in [0.15, 0.2) is 17.4 Å². The first-order valence-corrected chi connectivity index (χ1v) is 9.99. The number of thioether (sulfide) groups is 1. The van der Waals surface area contributed by atoms with Crippen LogP contribution in [0.5, 0.6) is 0 Å². The quantitative estimate of drug-likeness (QED) is 0.523. The van der Waals surface area contributed by atoms with Crippen molar-refractivity contribution >= 4 is 39.2 Å². The highest BCUT2D eigenvalue weighted by atomic mass is 32.2. The molecule has 0 spiro atoms. The molecule has 0 saturated heterocycles. The van der Waals surface area contributed by atoms with Crippen molar-refractivity contribution in [3.63, 3.8) is 0 Å². The lowest BCUT2D eigenvalue weighted by atomic mass is 10.3.